The van der Waals surface area contributed by atoms with E-state index in [1.165, 1.54) is 12.8 Å². The van der Waals surface area contributed by atoms with Crippen molar-refractivity contribution in [1.29, 1.82) is 0 Å². The summed E-state index contributed by atoms with van der Waals surface area (Å²) in [5.74, 6) is 1.66. The third-order valence-electron chi connectivity index (χ3n) is 4.18. The quantitative estimate of drug-likeness (QED) is 0.660. The fourth-order valence-corrected chi connectivity index (χ4v) is 2.86. The molecule has 1 saturated carbocycles. The Kier molecular flexibility index (Phi) is 5.85. The zero-order valence-electron chi connectivity index (χ0n) is 13.2. The molecule has 2 aliphatic rings. The number of carbonyl (C=O) groups is 1. The van der Waals surface area contributed by atoms with E-state index in [2.05, 4.69) is 26.1 Å². The van der Waals surface area contributed by atoms with Crippen molar-refractivity contribution < 1.29 is 9.53 Å². The van der Waals surface area contributed by atoms with Gasteiger partial charge in [0.2, 0.25) is 5.91 Å². The molecule has 2 atom stereocenters. The molecule has 1 amide bonds. The molecular weight excluding hydrogens is 252 g/mol. The third-order valence-corrected chi connectivity index (χ3v) is 4.18. The molecule has 4 nitrogen and oxygen atoms in total. The molecule has 116 valence electrons. The van der Waals surface area contributed by atoms with Gasteiger partial charge in [-0.2, -0.15) is 0 Å². The lowest BCUT2D eigenvalue weighted by molar-refractivity contribution is -0.130. The number of carbonyl (C=O) groups excluding carboxylic acids is 1. The third kappa shape index (κ3) is 4.45. The monoisotopic (exact) mass is 282 g/mol. The van der Waals surface area contributed by atoms with E-state index in [0.29, 0.717) is 5.92 Å². The Bertz CT molecular complexity index is 316. The van der Waals surface area contributed by atoms with Crippen molar-refractivity contribution >= 4 is 5.91 Å². The molecule has 0 spiro atoms. The number of hydrogen-bond acceptors (Lipinski definition) is 3. The molecule has 4 heteroatoms. The van der Waals surface area contributed by atoms with Gasteiger partial charge in [-0.25, -0.2) is 0 Å². The summed E-state index contributed by atoms with van der Waals surface area (Å²) in [6.45, 7) is 9.00. The average molecular weight is 282 g/mol. The summed E-state index contributed by atoms with van der Waals surface area (Å²) in [5.41, 5.74) is 0. The first kappa shape index (κ1) is 15.8. The largest absolute Gasteiger partial charge is 0.381 e. The molecule has 0 radical (unpaired) electrons. The summed E-state index contributed by atoms with van der Waals surface area (Å²) in [4.78, 5) is 14.4. The van der Waals surface area contributed by atoms with Crippen LogP contribution < -0.4 is 5.32 Å². The Labute approximate surface area is 123 Å². The summed E-state index contributed by atoms with van der Waals surface area (Å²) in [6.07, 6.45) is 5.75. The average Bonchev–Trinajstić information content (AvgIpc) is 3.17. The van der Waals surface area contributed by atoms with Crippen molar-refractivity contribution in [3.63, 3.8) is 0 Å². The molecule has 0 aromatic carbocycles. The van der Waals surface area contributed by atoms with Crippen molar-refractivity contribution in [1.82, 2.24) is 10.2 Å². The lowest BCUT2D eigenvalue weighted by atomic mass is 10.0. The Morgan fingerprint density at radius 1 is 1.40 bits per heavy atom. The lowest BCUT2D eigenvalue weighted by Crippen LogP contribution is -2.37. The van der Waals surface area contributed by atoms with Crippen LogP contribution in [0.15, 0.2) is 0 Å². The van der Waals surface area contributed by atoms with Crippen LogP contribution >= 0.6 is 0 Å². The first-order valence-electron chi connectivity index (χ1n) is 8.26. The molecule has 0 aromatic rings. The Morgan fingerprint density at radius 2 is 2.15 bits per heavy atom. The van der Waals surface area contributed by atoms with Gasteiger partial charge in [0, 0.05) is 19.8 Å². The topological polar surface area (TPSA) is 41.6 Å². The summed E-state index contributed by atoms with van der Waals surface area (Å²) < 4.78 is 5.65. The van der Waals surface area contributed by atoms with Crippen LogP contribution in [0.5, 0.6) is 0 Å². The second-order valence-electron chi connectivity index (χ2n) is 6.68. The van der Waals surface area contributed by atoms with Crippen molar-refractivity contribution in [2.75, 3.05) is 19.8 Å². The molecule has 1 N–H and O–H groups in total. The maximum atomic E-state index is 12.4. The standard InChI is InChI=1S/C16H30N2O2/c1-4-15-17-14(10-12(2)3)16(19)18(15)8-5-9-20-11-13-6-7-13/h12-15,17H,4-11H2,1-3H3. The SMILES string of the molecule is CCC1NC(CC(C)C)C(=O)N1CCCOCC1CC1. The highest BCUT2D eigenvalue weighted by atomic mass is 16.5. The van der Waals surface area contributed by atoms with Gasteiger partial charge in [-0.1, -0.05) is 20.8 Å². The number of ether oxygens (including phenoxy) is 1. The van der Waals surface area contributed by atoms with E-state index in [0.717, 1.165) is 44.9 Å². The number of nitrogens with zero attached hydrogens (tertiary/aromatic N) is 1. The highest BCUT2D eigenvalue weighted by molar-refractivity contribution is 5.84. The Balaban J connectivity index is 1.71. The number of nitrogens with one attached hydrogen (secondary N) is 1. The Morgan fingerprint density at radius 3 is 2.75 bits per heavy atom. The maximum absolute atomic E-state index is 12.4. The van der Waals surface area contributed by atoms with Crippen molar-refractivity contribution in [3.05, 3.63) is 0 Å². The van der Waals surface area contributed by atoms with Crippen LogP contribution in [-0.2, 0) is 9.53 Å². The van der Waals surface area contributed by atoms with Crippen LogP contribution in [0.4, 0.5) is 0 Å². The van der Waals surface area contributed by atoms with Gasteiger partial charge in [0.05, 0.1) is 12.2 Å². The van der Waals surface area contributed by atoms with Gasteiger partial charge in [-0.05, 0) is 43.9 Å². The van der Waals surface area contributed by atoms with Gasteiger partial charge < -0.3 is 9.64 Å². The van der Waals surface area contributed by atoms with Gasteiger partial charge in [-0.3, -0.25) is 10.1 Å². The van der Waals surface area contributed by atoms with E-state index in [4.69, 9.17) is 4.74 Å². The number of hydrogen-bond donors (Lipinski definition) is 1. The molecule has 0 bridgehead atoms. The predicted octanol–water partition coefficient (Wildman–Crippen LogP) is 2.39. The summed E-state index contributed by atoms with van der Waals surface area (Å²) in [7, 11) is 0. The molecule has 1 saturated heterocycles. The van der Waals surface area contributed by atoms with Crippen LogP contribution in [0.1, 0.15) is 52.9 Å². The van der Waals surface area contributed by atoms with E-state index in [9.17, 15) is 4.79 Å². The molecule has 1 aliphatic heterocycles. The Hall–Kier alpha value is -0.610. The second kappa shape index (κ2) is 7.41. The van der Waals surface area contributed by atoms with Crippen LogP contribution in [0, 0.1) is 11.8 Å². The number of rotatable bonds is 9. The van der Waals surface area contributed by atoms with Crippen LogP contribution in [0.3, 0.4) is 0 Å². The number of amides is 1. The van der Waals surface area contributed by atoms with E-state index in [1.807, 2.05) is 4.90 Å². The minimum atomic E-state index is 0.0207. The van der Waals surface area contributed by atoms with Gasteiger partial charge in [0.25, 0.3) is 0 Å². The zero-order valence-corrected chi connectivity index (χ0v) is 13.2. The molecule has 1 heterocycles. The highest BCUT2D eigenvalue weighted by Crippen LogP contribution is 2.28. The zero-order chi connectivity index (χ0) is 14.5. The van der Waals surface area contributed by atoms with Gasteiger partial charge >= 0.3 is 0 Å². The second-order valence-corrected chi connectivity index (χ2v) is 6.68. The molecule has 2 rings (SSSR count). The van der Waals surface area contributed by atoms with Crippen molar-refractivity contribution in [3.8, 4) is 0 Å². The van der Waals surface area contributed by atoms with E-state index in [1.54, 1.807) is 0 Å². The first-order chi connectivity index (χ1) is 9.61. The molecule has 2 fully saturated rings. The van der Waals surface area contributed by atoms with Gasteiger partial charge in [-0.15, -0.1) is 0 Å². The van der Waals surface area contributed by atoms with E-state index in [-0.39, 0.29) is 18.1 Å². The fraction of sp³-hybridized carbons (Fsp3) is 0.938. The van der Waals surface area contributed by atoms with Crippen LogP contribution in [-0.4, -0.2) is 42.8 Å². The van der Waals surface area contributed by atoms with Gasteiger partial charge in [0.15, 0.2) is 0 Å². The van der Waals surface area contributed by atoms with E-state index < -0.39 is 0 Å². The highest BCUT2D eigenvalue weighted by Gasteiger charge is 2.37. The minimum Gasteiger partial charge on any atom is -0.381 e. The van der Waals surface area contributed by atoms with Crippen molar-refractivity contribution in [2.45, 2.75) is 65.1 Å². The summed E-state index contributed by atoms with van der Waals surface area (Å²) in [6, 6.07) is 0.0207. The summed E-state index contributed by atoms with van der Waals surface area (Å²) in [5, 5.41) is 3.48. The molecule has 1 aliphatic carbocycles. The molecular formula is C16H30N2O2. The minimum absolute atomic E-state index is 0.0207. The molecule has 20 heavy (non-hydrogen) atoms. The lowest BCUT2D eigenvalue weighted by Gasteiger charge is -2.22. The van der Waals surface area contributed by atoms with Crippen LogP contribution in [0.25, 0.3) is 0 Å². The van der Waals surface area contributed by atoms with Crippen LogP contribution in [0.2, 0.25) is 0 Å². The predicted molar refractivity (Wildman–Crippen MR) is 80.3 cm³/mol. The van der Waals surface area contributed by atoms with E-state index >= 15 is 0 Å². The summed E-state index contributed by atoms with van der Waals surface area (Å²) >= 11 is 0. The fourth-order valence-electron chi connectivity index (χ4n) is 2.86. The normalized spacial score (nSPS) is 26.8. The van der Waals surface area contributed by atoms with Crippen molar-refractivity contribution in [2.24, 2.45) is 11.8 Å². The van der Waals surface area contributed by atoms with Gasteiger partial charge in [0.1, 0.15) is 0 Å². The molecule has 0 aromatic heterocycles. The smallest absolute Gasteiger partial charge is 0.241 e. The maximum Gasteiger partial charge on any atom is 0.241 e. The molecule has 2 unspecified atom stereocenters. The first-order valence-corrected chi connectivity index (χ1v) is 8.26.